The minimum absolute atomic E-state index is 0.246. The minimum Gasteiger partial charge on any atom is -0.467 e. The Labute approximate surface area is 102 Å². The summed E-state index contributed by atoms with van der Waals surface area (Å²) in [7, 11) is 1.30. The molecular formula is C11H12N2O3S. The molecule has 2 aromatic heterocycles. The van der Waals surface area contributed by atoms with Crippen LogP contribution in [0.15, 0.2) is 27.7 Å². The van der Waals surface area contributed by atoms with Gasteiger partial charge in [-0.15, -0.1) is 0 Å². The van der Waals surface area contributed by atoms with E-state index in [1.807, 2.05) is 16.8 Å². The maximum atomic E-state index is 11.7. The molecule has 0 aliphatic rings. The highest BCUT2D eigenvalue weighted by molar-refractivity contribution is 7.08. The van der Waals surface area contributed by atoms with Crippen LogP contribution in [0.4, 0.5) is 0 Å². The van der Waals surface area contributed by atoms with Crippen LogP contribution in [0.3, 0.4) is 0 Å². The molecule has 6 heteroatoms. The summed E-state index contributed by atoms with van der Waals surface area (Å²) in [6.45, 7) is 1.61. The van der Waals surface area contributed by atoms with E-state index >= 15 is 0 Å². The van der Waals surface area contributed by atoms with Crippen molar-refractivity contribution < 1.29 is 9.53 Å². The molecule has 0 aromatic carbocycles. The lowest BCUT2D eigenvalue weighted by molar-refractivity contribution is -0.144. The lowest BCUT2D eigenvalue weighted by Gasteiger charge is -2.09. The molecule has 0 amide bonds. The Kier molecular flexibility index (Phi) is 3.14. The zero-order valence-corrected chi connectivity index (χ0v) is 10.3. The average molecular weight is 252 g/mol. The predicted molar refractivity (Wildman–Crippen MR) is 65.1 cm³/mol. The van der Waals surface area contributed by atoms with Crippen LogP contribution in [0.5, 0.6) is 0 Å². The third-order valence-corrected chi connectivity index (χ3v) is 3.19. The van der Waals surface area contributed by atoms with Crippen molar-refractivity contribution >= 4 is 17.3 Å². The van der Waals surface area contributed by atoms with Crippen molar-refractivity contribution in [1.82, 2.24) is 9.78 Å². The van der Waals surface area contributed by atoms with E-state index in [0.29, 0.717) is 5.69 Å². The highest BCUT2D eigenvalue weighted by atomic mass is 32.1. The Morgan fingerprint density at radius 1 is 1.59 bits per heavy atom. The highest BCUT2D eigenvalue weighted by Gasteiger charge is 2.18. The first-order valence-corrected chi connectivity index (χ1v) is 5.99. The summed E-state index contributed by atoms with van der Waals surface area (Å²) < 4.78 is 5.87. The van der Waals surface area contributed by atoms with Gasteiger partial charge in [0.1, 0.15) is 6.04 Å². The van der Waals surface area contributed by atoms with Gasteiger partial charge in [-0.1, -0.05) is 0 Å². The van der Waals surface area contributed by atoms with Crippen molar-refractivity contribution in [3.63, 3.8) is 0 Å². The van der Waals surface area contributed by atoms with Gasteiger partial charge in [0.15, 0.2) is 0 Å². The molecule has 1 atom stereocenters. The standard InChI is InChI=1S/C11H12N2O3S/c1-7(11(15)16-2)13-10(14)5-9(12-13)8-3-4-17-6-8/h3-7,12H,1-2H3. The Balaban J connectivity index is 2.38. The van der Waals surface area contributed by atoms with Gasteiger partial charge in [0, 0.05) is 17.0 Å². The number of hydrogen-bond acceptors (Lipinski definition) is 4. The van der Waals surface area contributed by atoms with Crippen molar-refractivity contribution in [2.24, 2.45) is 0 Å². The topological polar surface area (TPSA) is 64.1 Å². The quantitative estimate of drug-likeness (QED) is 0.844. The Morgan fingerprint density at radius 2 is 2.35 bits per heavy atom. The number of methoxy groups -OCH3 is 1. The third kappa shape index (κ3) is 2.16. The van der Waals surface area contributed by atoms with Crippen LogP contribution in [0, 0.1) is 0 Å². The second-order valence-electron chi connectivity index (χ2n) is 3.59. The van der Waals surface area contributed by atoms with Gasteiger partial charge in [0.05, 0.1) is 12.8 Å². The summed E-state index contributed by atoms with van der Waals surface area (Å²) in [5.74, 6) is -0.453. The first kappa shape index (κ1) is 11.7. The summed E-state index contributed by atoms with van der Waals surface area (Å²) in [5.41, 5.74) is 1.39. The minimum atomic E-state index is -0.653. The molecular weight excluding hydrogens is 240 g/mol. The van der Waals surface area contributed by atoms with E-state index < -0.39 is 12.0 Å². The lowest BCUT2D eigenvalue weighted by atomic mass is 10.2. The van der Waals surface area contributed by atoms with E-state index in [1.54, 1.807) is 18.3 Å². The normalized spacial score (nSPS) is 12.4. The molecule has 5 nitrogen and oxygen atoms in total. The monoisotopic (exact) mass is 252 g/mol. The number of nitrogens with zero attached hydrogens (tertiary/aromatic N) is 1. The number of rotatable bonds is 3. The Morgan fingerprint density at radius 3 is 2.94 bits per heavy atom. The fourth-order valence-electron chi connectivity index (χ4n) is 1.54. The summed E-state index contributed by atoms with van der Waals surface area (Å²) >= 11 is 1.55. The van der Waals surface area contributed by atoms with Gasteiger partial charge in [0.2, 0.25) is 0 Å². The number of carbonyl (C=O) groups is 1. The Hall–Kier alpha value is -1.82. The first-order chi connectivity index (χ1) is 8.13. The van der Waals surface area contributed by atoms with E-state index in [1.165, 1.54) is 17.9 Å². The fourth-order valence-corrected chi connectivity index (χ4v) is 2.20. The molecule has 0 saturated carbocycles. The van der Waals surface area contributed by atoms with Crippen LogP contribution in [-0.2, 0) is 9.53 Å². The summed E-state index contributed by atoms with van der Waals surface area (Å²) in [6.07, 6.45) is 0. The van der Waals surface area contributed by atoms with E-state index in [2.05, 4.69) is 9.84 Å². The van der Waals surface area contributed by atoms with Gasteiger partial charge in [-0.25, -0.2) is 9.48 Å². The van der Waals surface area contributed by atoms with Crippen LogP contribution in [0.1, 0.15) is 13.0 Å². The zero-order chi connectivity index (χ0) is 12.4. The first-order valence-electron chi connectivity index (χ1n) is 5.05. The average Bonchev–Trinajstić information content (AvgIpc) is 2.95. The van der Waals surface area contributed by atoms with Gasteiger partial charge in [-0.3, -0.25) is 9.89 Å². The van der Waals surface area contributed by atoms with E-state index in [9.17, 15) is 9.59 Å². The molecule has 0 bridgehead atoms. The molecule has 0 aliphatic heterocycles. The highest BCUT2D eigenvalue weighted by Crippen LogP contribution is 2.19. The van der Waals surface area contributed by atoms with Crippen molar-refractivity contribution in [3.05, 3.63) is 33.2 Å². The van der Waals surface area contributed by atoms with Crippen LogP contribution in [-0.4, -0.2) is 22.9 Å². The van der Waals surface area contributed by atoms with Gasteiger partial charge >= 0.3 is 5.97 Å². The van der Waals surface area contributed by atoms with Crippen LogP contribution in [0.25, 0.3) is 11.3 Å². The van der Waals surface area contributed by atoms with E-state index in [-0.39, 0.29) is 5.56 Å². The molecule has 1 N–H and O–H groups in total. The molecule has 0 radical (unpaired) electrons. The number of thiophene rings is 1. The number of esters is 1. The lowest BCUT2D eigenvalue weighted by Crippen LogP contribution is -2.26. The largest absolute Gasteiger partial charge is 0.467 e. The maximum Gasteiger partial charge on any atom is 0.330 e. The number of aromatic amines is 1. The molecule has 17 heavy (non-hydrogen) atoms. The van der Waals surface area contributed by atoms with E-state index in [4.69, 9.17) is 0 Å². The Bertz CT molecular complexity index is 568. The molecule has 0 aliphatic carbocycles. The third-order valence-electron chi connectivity index (χ3n) is 2.51. The van der Waals surface area contributed by atoms with Crippen molar-refractivity contribution in [2.45, 2.75) is 13.0 Å². The molecule has 0 fully saturated rings. The number of nitrogens with one attached hydrogen (secondary N) is 1. The second kappa shape index (κ2) is 4.58. The number of hydrogen-bond donors (Lipinski definition) is 1. The van der Waals surface area contributed by atoms with Crippen molar-refractivity contribution in [2.75, 3.05) is 7.11 Å². The smallest absolute Gasteiger partial charge is 0.330 e. The fraction of sp³-hybridized carbons (Fsp3) is 0.273. The molecule has 0 spiro atoms. The van der Waals surface area contributed by atoms with Crippen LogP contribution < -0.4 is 5.56 Å². The number of aromatic nitrogens is 2. The number of H-pyrrole nitrogens is 1. The molecule has 90 valence electrons. The molecule has 0 saturated heterocycles. The maximum absolute atomic E-state index is 11.7. The zero-order valence-electron chi connectivity index (χ0n) is 9.47. The van der Waals surface area contributed by atoms with Gasteiger partial charge in [-0.05, 0) is 18.4 Å². The molecule has 2 aromatic rings. The summed E-state index contributed by atoms with van der Waals surface area (Å²) in [6, 6.07) is 2.73. The van der Waals surface area contributed by atoms with E-state index in [0.717, 1.165) is 5.56 Å². The van der Waals surface area contributed by atoms with Crippen molar-refractivity contribution in [3.8, 4) is 11.3 Å². The SMILES string of the molecule is COC(=O)C(C)n1[nH]c(-c2ccsc2)cc1=O. The molecule has 2 rings (SSSR count). The van der Waals surface area contributed by atoms with Crippen molar-refractivity contribution in [1.29, 1.82) is 0 Å². The van der Waals surface area contributed by atoms with Gasteiger partial charge < -0.3 is 4.74 Å². The molecule has 2 heterocycles. The second-order valence-corrected chi connectivity index (χ2v) is 4.37. The van der Waals surface area contributed by atoms with Gasteiger partial charge in [0.25, 0.3) is 5.56 Å². The van der Waals surface area contributed by atoms with Crippen LogP contribution >= 0.6 is 11.3 Å². The molecule has 1 unspecified atom stereocenters. The van der Waals surface area contributed by atoms with Crippen LogP contribution in [0.2, 0.25) is 0 Å². The predicted octanol–water partition coefficient (Wildman–Crippen LogP) is 1.64. The number of ether oxygens (including phenoxy) is 1. The number of carbonyl (C=O) groups excluding carboxylic acids is 1. The summed E-state index contributed by atoms with van der Waals surface area (Å²) in [5, 5.41) is 6.76. The summed E-state index contributed by atoms with van der Waals surface area (Å²) in [4.78, 5) is 23.1. The van der Waals surface area contributed by atoms with Gasteiger partial charge in [-0.2, -0.15) is 11.3 Å².